The molecule has 196 valence electrons. The average molecular weight is 534 g/mol. The van der Waals surface area contributed by atoms with Gasteiger partial charge in [0, 0.05) is 16.8 Å². The van der Waals surface area contributed by atoms with Gasteiger partial charge in [-0.3, -0.25) is 9.36 Å². The van der Waals surface area contributed by atoms with E-state index in [1.165, 1.54) is 39.3 Å². The molecule has 1 N–H and O–H groups in total. The first-order valence-corrected chi connectivity index (χ1v) is 12.5. The third-order valence-electron chi connectivity index (χ3n) is 5.42. The van der Waals surface area contributed by atoms with Crippen molar-refractivity contribution in [2.45, 2.75) is 5.16 Å². The quantitative estimate of drug-likeness (QED) is 0.174. The molecule has 0 spiro atoms. The van der Waals surface area contributed by atoms with Crippen molar-refractivity contribution in [2.75, 3.05) is 34.2 Å². The van der Waals surface area contributed by atoms with E-state index < -0.39 is 0 Å². The molecule has 0 fully saturated rings. The molecule has 1 amide bonds. The predicted octanol–water partition coefficient (Wildman–Crippen LogP) is 4.21. The number of para-hydroxylation sites is 1. The molecular weight excluding hydrogens is 506 g/mol. The number of nitrogens with one attached hydrogen (secondary N) is 1. The average Bonchev–Trinajstić information content (AvgIpc) is 3.40. The van der Waals surface area contributed by atoms with Crippen molar-refractivity contribution in [2.24, 2.45) is 5.10 Å². The second-order valence-electron chi connectivity index (χ2n) is 7.75. The third-order valence-corrected chi connectivity index (χ3v) is 6.35. The van der Waals surface area contributed by atoms with Gasteiger partial charge >= 0.3 is 0 Å². The highest BCUT2D eigenvalue weighted by Gasteiger charge is 2.17. The summed E-state index contributed by atoms with van der Waals surface area (Å²) in [4.78, 5) is 12.6. The summed E-state index contributed by atoms with van der Waals surface area (Å²) in [6.07, 6.45) is 1.50. The number of thioether (sulfide) groups is 1. The van der Waals surface area contributed by atoms with Gasteiger partial charge in [0.2, 0.25) is 5.75 Å². The van der Waals surface area contributed by atoms with Gasteiger partial charge in [0.25, 0.3) is 5.91 Å². The number of amides is 1. The molecule has 1 heterocycles. The zero-order valence-electron chi connectivity index (χ0n) is 21.4. The van der Waals surface area contributed by atoms with E-state index in [9.17, 15) is 4.79 Å². The minimum absolute atomic E-state index is 0.0835. The highest BCUT2D eigenvalue weighted by Crippen LogP contribution is 2.37. The number of rotatable bonds is 11. The molecule has 3 aromatic carbocycles. The second-order valence-corrected chi connectivity index (χ2v) is 8.69. The second kappa shape index (κ2) is 12.6. The smallest absolute Gasteiger partial charge is 0.250 e. The van der Waals surface area contributed by atoms with E-state index in [1.807, 2.05) is 59.2 Å². The van der Waals surface area contributed by atoms with Crippen molar-refractivity contribution in [3.05, 3.63) is 72.3 Å². The van der Waals surface area contributed by atoms with Crippen molar-refractivity contribution in [1.29, 1.82) is 0 Å². The molecule has 0 bridgehead atoms. The van der Waals surface area contributed by atoms with E-state index in [0.29, 0.717) is 33.8 Å². The molecule has 4 aromatic rings. The fraction of sp³-hybridized carbons (Fsp3) is 0.185. The SMILES string of the molecule is COc1ccc(-c2nnc(SCC(=O)N/N=C\c3cc(OC)c(OC)c(OC)c3)n2-c2ccccc2)cc1. The van der Waals surface area contributed by atoms with Crippen LogP contribution in [0.2, 0.25) is 0 Å². The van der Waals surface area contributed by atoms with Crippen LogP contribution in [-0.4, -0.2) is 61.1 Å². The van der Waals surface area contributed by atoms with Gasteiger partial charge in [-0.15, -0.1) is 10.2 Å². The van der Waals surface area contributed by atoms with Gasteiger partial charge < -0.3 is 18.9 Å². The number of hydrogen-bond acceptors (Lipinski definition) is 9. The van der Waals surface area contributed by atoms with E-state index in [4.69, 9.17) is 18.9 Å². The van der Waals surface area contributed by atoms with Crippen molar-refractivity contribution >= 4 is 23.9 Å². The summed E-state index contributed by atoms with van der Waals surface area (Å²) in [5.74, 6) is 2.64. The van der Waals surface area contributed by atoms with Crippen LogP contribution in [0.4, 0.5) is 0 Å². The number of carbonyl (C=O) groups excluding carboxylic acids is 1. The van der Waals surface area contributed by atoms with Gasteiger partial charge in [-0.25, -0.2) is 5.43 Å². The van der Waals surface area contributed by atoms with Gasteiger partial charge in [-0.2, -0.15) is 5.10 Å². The van der Waals surface area contributed by atoms with Crippen molar-refractivity contribution in [1.82, 2.24) is 20.2 Å². The molecule has 1 aromatic heterocycles. The molecule has 10 nitrogen and oxygen atoms in total. The molecule has 0 unspecified atom stereocenters. The fourth-order valence-corrected chi connectivity index (χ4v) is 4.36. The van der Waals surface area contributed by atoms with Gasteiger partial charge in [0.05, 0.1) is 40.4 Å². The molecule has 38 heavy (non-hydrogen) atoms. The normalized spacial score (nSPS) is 10.8. The maximum atomic E-state index is 12.6. The molecule has 0 atom stereocenters. The van der Waals surface area contributed by atoms with E-state index in [1.54, 1.807) is 19.2 Å². The lowest BCUT2D eigenvalue weighted by molar-refractivity contribution is -0.118. The van der Waals surface area contributed by atoms with E-state index in [2.05, 4.69) is 20.7 Å². The van der Waals surface area contributed by atoms with Gasteiger partial charge in [0.15, 0.2) is 22.5 Å². The maximum Gasteiger partial charge on any atom is 0.250 e. The van der Waals surface area contributed by atoms with Crippen LogP contribution in [0.5, 0.6) is 23.0 Å². The Morgan fingerprint density at radius 2 is 1.61 bits per heavy atom. The Morgan fingerprint density at radius 1 is 0.921 bits per heavy atom. The Balaban J connectivity index is 1.48. The summed E-state index contributed by atoms with van der Waals surface area (Å²) in [6, 6.07) is 20.8. The molecule has 0 saturated carbocycles. The van der Waals surface area contributed by atoms with Gasteiger partial charge in [0.1, 0.15) is 5.75 Å². The minimum atomic E-state index is -0.299. The summed E-state index contributed by atoms with van der Waals surface area (Å²) in [5.41, 5.74) is 4.96. The van der Waals surface area contributed by atoms with Crippen LogP contribution in [0, 0.1) is 0 Å². The molecule has 0 aliphatic heterocycles. The summed E-state index contributed by atoms with van der Waals surface area (Å²) in [6.45, 7) is 0. The van der Waals surface area contributed by atoms with Crippen LogP contribution < -0.4 is 24.4 Å². The van der Waals surface area contributed by atoms with Crippen molar-refractivity contribution < 1.29 is 23.7 Å². The lowest BCUT2D eigenvalue weighted by Crippen LogP contribution is -2.20. The van der Waals surface area contributed by atoms with E-state index >= 15 is 0 Å². The first-order valence-electron chi connectivity index (χ1n) is 11.5. The Bertz CT molecular complexity index is 1380. The highest BCUT2D eigenvalue weighted by molar-refractivity contribution is 7.99. The Labute approximate surface area is 224 Å². The molecule has 0 aliphatic carbocycles. The number of carbonyl (C=O) groups is 1. The predicted molar refractivity (Wildman–Crippen MR) is 146 cm³/mol. The highest BCUT2D eigenvalue weighted by atomic mass is 32.2. The maximum absolute atomic E-state index is 12.6. The molecule has 11 heteroatoms. The number of nitrogens with zero attached hydrogens (tertiary/aromatic N) is 4. The number of methoxy groups -OCH3 is 4. The van der Waals surface area contributed by atoms with Crippen LogP contribution in [-0.2, 0) is 4.79 Å². The minimum Gasteiger partial charge on any atom is -0.497 e. The van der Waals surface area contributed by atoms with Gasteiger partial charge in [-0.1, -0.05) is 30.0 Å². The van der Waals surface area contributed by atoms with Crippen LogP contribution in [0.3, 0.4) is 0 Å². The number of hydrazone groups is 1. The van der Waals surface area contributed by atoms with E-state index in [0.717, 1.165) is 17.0 Å². The monoisotopic (exact) mass is 533 g/mol. The fourth-order valence-electron chi connectivity index (χ4n) is 3.62. The zero-order chi connectivity index (χ0) is 26.9. The topological polar surface area (TPSA) is 109 Å². The zero-order valence-corrected chi connectivity index (χ0v) is 22.2. The Hall–Kier alpha value is -4.51. The Morgan fingerprint density at radius 3 is 2.21 bits per heavy atom. The molecular formula is C27H27N5O5S. The van der Waals surface area contributed by atoms with Gasteiger partial charge in [-0.05, 0) is 48.5 Å². The number of hydrogen-bond donors (Lipinski definition) is 1. The van der Waals surface area contributed by atoms with E-state index in [-0.39, 0.29) is 11.7 Å². The summed E-state index contributed by atoms with van der Waals surface area (Å²) in [7, 11) is 6.22. The number of ether oxygens (including phenoxy) is 4. The van der Waals surface area contributed by atoms with Crippen LogP contribution in [0.1, 0.15) is 5.56 Å². The molecule has 0 saturated heterocycles. The van der Waals surface area contributed by atoms with Crippen molar-refractivity contribution in [3.8, 4) is 40.1 Å². The van der Waals surface area contributed by atoms with Crippen LogP contribution >= 0.6 is 11.8 Å². The molecule has 4 rings (SSSR count). The third kappa shape index (κ3) is 6.06. The first-order chi connectivity index (χ1) is 18.6. The molecule has 0 aliphatic rings. The first kappa shape index (κ1) is 26.6. The van der Waals surface area contributed by atoms with Crippen LogP contribution in [0.15, 0.2) is 77.0 Å². The largest absolute Gasteiger partial charge is 0.497 e. The standard InChI is InChI=1S/C27H27N5O5S/c1-34-21-12-10-19(11-13-21)26-30-31-27(32(26)20-8-6-5-7-9-20)38-17-24(33)29-28-16-18-14-22(35-2)25(37-4)23(15-18)36-3/h5-16H,17H2,1-4H3,(H,29,33)/b28-16-. The number of benzene rings is 3. The Kier molecular flexibility index (Phi) is 8.83. The lowest BCUT2D eigenvalue weighted by Gasteiger charge is -2.12. The number of aromatic nitrogens is 3. The lowest BCUT2D eigenvalue weighted by atomic mass is 10.2. The summed E-state index contributed by atoms with van der Waals surface area (Å²) >= 11 is 1.26. The summed E-state index contributed by atoms with van der Waals surface area (Å²) < 4.78 is 23.2. The van der Waals surface area contributed by atoms with Crippen molar-refractivity contribution in [3.63, 3.8) is 0 Å². The van der Waals surface area contributed by atoms with Crippen LogP contribution in [0.25, 0.3) is 17.1 Å². The molecule has 0 radical (unpaired) electrons. The summed E-state index contributed by atoms with van der Waals surface area (Å²) in [5, 5.41) is 13.4.